The average molecular weight is 320 g/mol. The van der Waals surface area contributed by atoms with Crippen LogP contribution in [0.4, 0.5) is 5.69 Å². The van der Waals surface area contributed by atoms with Gasteiger partial charge in [-0.2, -0.15) is 0 Å². The summed E-state index contributed by atoms with van der Waals surface area (Å²) in [5.41, 5.74) is 3.19. The van der Waals surface area contributed by atoms with E-state index < -0.39 is 0 Å². The molecule has 2 aromatic rings. The van der Waals surface area contributed by atoms with Crippen LogP contribution in [0.2, 0.25) is 0 Å². The average Bonchev–Trinajstić information content (AvgIpc) is 2.42. The van der Waals surface area contributed by atoms with Crippen molar-refractivity contribution in [3.8, 4) is 5.75 Å². The van der Waals surface area contributed by atoms with Crippen molar-refractivity contribution in [1.82, 2.24) is 0 Å². The summed E-state index contributed by atoms with van der Waals surface area (Å²) in [5.74, 6) is 0.0355. The van der Waals surface area contributed by atoms with Crippen LogP contribution in [-0.2, 0) is 5.33 Å². The van der Waals surface area contributed by atoms with Gasteiger partial charge in [-0.25, -0.2) is 0 Å². The number of rotatable bonds is 3. The molecule has 3 nitrogen and oxygen atoms in total. The van der Waals surface area contributed by atoms with E-state index >= 15 is 0 Å². The third kappa shape index (κ3) is 3.35. The number of nitrogens with one attached hydrogen (secondary N) is 1. The van der Waals surface area contributed by atoms with Crippen LogP contribution in [0.25, 0.3) is 0 Å². The summed E-state index contributed by atoms with van der Waals surface area (Å²) in [4.78, 5) is 12.1. The second kappa shape index (κ2) is 5.89. The molecule has 2 N–H and O–H groups in total. The number of carbonyl (C=O) groups is 1. The van der Waals surface area contributed by atoms with Crippen LogP contribution in [-0.4, -0.2) is 11.0 Å². The topological polar surface area (TPSA) is 49.3 Å². The molecule has 0 aromatic heterocycles. The smallest absolute Gasteiger partial charge is 0.255 e. The fraction of sp³-hybridized carbons (Fsp3) is 0.133. The van der Waals surface area contributed by atoms with Crippen LogP contribution < -0.4 is 5.32 Å². The SMILES string of the molecule is Cc1cc(O)ccc1NC(=O)c1cccc(CBr)c1. The van der Waals surface area contributed by atoms with Gasteiger partial charge in [0.2, 0.25) is 0 Å². The van der Waals surface area contributed by atoms with Crippen molar-refractivity contribution in [3.05, 3.63) is 59.2 Å². The zero-order chi connectivity index (χ0) is 13.8. The van der Waals surface area contributed by atoms with Gasteiger partial charge in [0.15, 0.2) is 0 Å². The number of aromatic hydroxyl groups is 1. The molecular weight excluding hydrogens is 306 g/mol. The highest BCUT2D eigenvalue weighted by atomic mass is 79.9. The van der Waals surface area contributed by atoms with E-state index in [2.05, 4.69) is 21.2 Å². The molecular formula is C15H14BrNO2. The maximum Gasteiger partial charge on any atom is 0.255 e. The number of benzene rings is 2. The third-order valence-electron chi connectivity index (χ3n) is 2.80. The number of aryl methyl sites for hydroxylation is 1. The molecule has 2 rings (SSSR count). The molecule has 2 aromatic carbocycles. The van der Waals surface area contributed by atoms with Crippen LogP contribution in [0.1, 0.15) is 21.5 Å². The lowest BCUT2D eigenvalue weighted by atomic mass is 10.1. The molecule has 0 fully saturated rings. The molecule has 0 spiro atoms. The molecule has 4 heteroatoms. The molecule has 0 aliphatic carbocycles. The van der Waals surface area contributed by atoms with Crippen molar-refractivity contribution in [2.75, 3.05) is 5.32 Å². The Kier molecular flexibility index (Phi) is 4.22. The molecule has 0 aliphatic rings. The molecule has 19 heavy (non-hydrogen) atoms. The molecule has 0 aliphatic heterocycles. The van der Waals surface area contributed by atoms with Crippen molar-refractivity contribution in [1.29, 1.82) is 0 Å². The maximum atomic E-state index is 12.1. The lowest BCUT2D eigenvalue weighted by molar-refractivity contribution is 0.102. The number of amides is 1. The summed E-state index contributed by atoms with van der Waals surface area (Å²) < 4.78 is 0. The summed E-state index contributed by atoms with van der Waals surface area (Å²) in [5, 5.41) is 12.9. The highest BCUT2D eigenvalue weighted by molar-refractivity contribution is 9.08. The summed E-state index contributed by atoms with van der Waals surface area (Å²) >= 11 is 3.37. The third-order valence-corrected chi connectivity index (χ3v) is 3.45. The number of alkyl halides is 1. The zero-order valence-corrected chi connectivity index (χ0v) is 12.1. The van der Waals surface area contributed by atoms with Gasteiger partial charge in [-0.15, -0.1) is 0 Å². The van der Waals surface area contributed by atoms with E-state index in [-0.39, 0.29) is 11.7 Å². The molecule has 0 saturated heterocycles. The van der Waals surface area contributed by atoms with Crippen LogP contribution in [0, 0.1) is 6.92 Å². The first-order valence-electron chi connectivity index (χ1n) is 5.86. The molecule has 1 amide bonds. The molecule has 98 valence electrons. The van der Waals surface area contributed by atoms with Gasteiger partial charge in [-0.1, -0.05) is 28.1 Å². The van der Waals surface area contributed by atoms with E-state index in [9.17, 15) is 9.90 Å². The van der Waals surface area contributed by atoms with Crippen molar-refractivity contribution >= 4 is 27.5 Å². The first kappa shape index (κ1) is 13.6. The Morgan fingerprint density at radius 3 is 2.74 bits per heavy atom. The Hall–Kier alpha value is -1.81. The predicted molar refractivity (Wildman–Crippen MR) is 79.9 cm³/mol. The second-order valence-corrected chi connectivity index (χ2v) is 4.85. The van der Waals surface area contributed by atoms with Gasteiger partial charge >= 0.3 is 0 Å². The highest BCUT2D eigenvalue weighted by Gasteiger charge is 2.08. The van der Waals surface area contributed by atoms with E-state index in [4.69, 9.17) is 0 Å². The number of hydrogen-bond donors (Lipinski definition) is 2. The Balaban J connectivity index is 2.20. The number of hydrogen-bond acceptors (Lipinski definition) is 2. The lowest BCUT2D eigenvalue weighted by Crippen LogP contribution is -2.12. The number of halogens is 1. The minimum absolute atomic E-state index is 0.156. The van der Waals surface area contributed by atoms with Gasteiger partial charge in [0.05, 0.1) is 0 Å². The highest BCUT2D eigenvalue weighted by Crippen LogP contribution is 2.21. The number of carbonyl (C=O) groups excluding carboxylic acids is 1. The lowest BCUT2D eigenvalue weighted by Gasteiger charge is -2.09. The molecule has 0 atom stereocenters. The van der Waals surface area contributed by atoms with Crippen LogP contribution in [0.15, 0.2) is 42.5 Å². The van der Waals surface area contributed by atoms with Crippen LogP contribution in [0.5, 0.6) is 5.75 Å². The Labute approximate surface area is 120 Å². The normalized spacial score (nSPS) is 10.2. The Morgan fingerprint density at radius 2 is 2.05 bits per heavy atom. The van der Waals surface area contributed by atoms with Gasteiger partial charge in [0.25, 0.3) is 5.91 Å². The van der Waals surface area contributed by atoms with Gasteiger partial charge < -0.3 is 10.4 Å². The van der Waals surface area contributed by atoms with Gasteiger partial charge in [-0.05, 0) is 48.4 Å². The number of phenols is 1. The van der Waals surface area contributed by atoms with E-state index in [1.807, 2.05) is 25.1 Å². The van der Waals surface area contributed by atoms with E-state index in [0.29, 0.717) is 16.6 Å². The van der Waals surface area contributed by atoms with Gasteiger partial charge in [-0.3, -0.25) is 4.79 Å². The quantitative estimate of drug-likeness (QED) is 0.667. The standard InChI is InChI=1S/C15H14BrNO2/c1-10-7-13(18)5-6-14(10)17-15(19)12-4-2-3-11(8-12)9-16/h2-8,18H,9H2,1H3,(H,17,19). The van der Waals surface area contributed by atoms with Crippen molar-refractivity contribution in [3.63, 3.8) is 0 Å². The fourth-order valence-corrected chi connectivity index (χ4v) is 2.13. The van der Waals surface area contributed by atoms with E-state index in [0.717, 1.165) is 11.1 Å². The Morgan fingerprint density at radius 1 is 1.26 bits per heavy atom. The molecule has 0 saturated carbocycles. The monoisotopic (exact) mass is 319 g/mol. The van der Waals surface area contributed by atoms with Crippen molar-refractivity contribution in [2.24, 2.45) is 0 Å². The molecule has 0 heterocycles. The summed E-state index contributed by atoms with van der Waals surface area (Å²) in [7, 11) is 0. The molecule has 0 radical (unpaired) electrons. The first-order chi connectivity index (χ1) is 9.10. The second-order valence-electron chi connectivity index (χ2n) is 4.29. The minimum atomic E-state index is -0.156. The largest absolute Gasteiger partial charge is 0.508 e. The van der Waals surface area contributed by atoms with Crippen molar-refractivity contribution < 1.29 is 9.90 Å². The summed E-state index contributed by atoms with van der Waals surface area (Å²) in [6.45, 7) is 1.84. The van der Waals surface area contributed by atoms with Gasteiger partial charge in [0, 0.05) is 16.6 Å². The number of phenolic OH excluding ortho intramolecular Hbond substituents is 1. The minimum Gasteiger partial charge on any atom is -0.508 e. The van der Waals surface area contributed by atoms with E-state index in [1.165, 1.54) is 0 Å². The zero-order valence-electron chi connectivity index (χ0n) is 10.5. The Bertz CT molecular complexity index is 611. The summed E-state index contributed by atoms with van der Waals surface area (Å²) in [6, 6.07) is 12.3. The van der Waals surface area contributed by atoms with Crippen molar-refractivity contribution in [2.45, 2.75) is 12.3 Å². The van der Waals surface area contributed by atoms with Gasteiger partial charge in [0.1, 0.15) is 5.75 Å². The van der Waals surface area contributed by atoms with Crippen LogP contribution in [0.3, 0.4) is 0 Å². The molecule has 0 bridgehead atoms. The van der Waals surface area contributed by atoms with Crippen LogP contribution >= 0.6 is 15.9 Å². The first-order valence-corrected chi connectivity index (χ1v) is 6.98. The molecule has 0 unspecified atom stereocenters. The maximum absolute atomic E-state index is 12.1. The summed E-state index contributed by atoms with van der Waals surface area (Å²) in [6.07, 6.45) is 0. The predicted octanol–water partition coefficient (Wildman–Crippen LogP) is 3.85. The fourth-order valence-electron chi connectivity index (χ4n) is 1.78. The van der Waals surface area contributed by atoms with E-state index in [1.54, 1.807) is 24.3 Å². The number of anilines is 1.